The fourth-order valence-electron chi connectivity index (χ4n) is 4.81. The van der Waals surface area contributed by atoms with Crippen LogP contribution in [0, 0.1) is 0 Å². The normalized spacial score (nSPS) is 12.7. The maximum atomic E-state index is 11.6. The molecule has 1 heterocycles. The van der Waals surface area contributed by atoms with Gasteiger partial charge in [0.05, 0.1) is 30.6 Å². The van der Waals surface area contributed by atoms with Crippen molar-refractivity contribution >= 4 is 47.5 Å². The molecule has 218 valence electrons. The van der Waals surface area contributed by atoms with Crippen LogP contribution in [0.1, 0.15) is 25.0 Å². The molecule has 0 bridgehead atoms. The zero-order valence-electron chi connectivity index (χ0n) is 24.0. The van der Waals surface area contributed by atoms with Crippen LogP contribution < -0.4 is 44.4 Å². The number of benzene rings is 4. The summed E-state index contributed by atoms with van der Waals surface area (Å²) in [6.07, 6.45) is 0. The second kappa shape index (κ2) is 13.5. The van der Waals surface area contributed by atoms with Gasteiger partial charge in [0.15, 0.2) is 6.54 Å². The Bertz CT molecular complexity index is 2050. The maximum absolute atomic E-state index is 11.6. The molecular formula is C30H29N3NaO6S3+. The van der Waals surface area contributed by atoms with E-state index in [2.05, 4.69) is 21.6 Å². The van der Waals surface area contributed by atoms with Crippen molar-refractivity contribution in [2.45, 2.75) is 36.7 Å². The van der Waals surface area contributed by atoms with E-state index in [9.17, 15) is 25.9 Å². The first-order valence-electron chi connectivity index (χ1n) is 13.2. The average Bonchev–Trinajstić information content (AvgIpc) is 2.96. The van der Waals surface area contributed by atoms with Gasteiger partial charge < -0.3 is 9.45 Å². The molecule has 0 saturated carbocycles. The van der Waals surface area contributed by atoms with E-state index in [1.54, 1.807) is 29.5 Å². The van der Waals surface area contributed by atoms with Crippen molar-refractivity contribution in [1.82, 2.24) is 9.56 Å². The molecule has 0 saturated heterocycles. The molecule has 9 nitrogen and oxygen atoms in total. The summed E-state index contributed by atoms with van der Waals surface area (Å²) in [4.78, 5) is 7.57. The molecule has 1 aliphatic heterocycles. The van der Waals surface area contributed by atoms with Gasteiger partial charge in [-0.2, -0.15) is 8.42 Å². The summed E-state index contributed by atoms with van der Waals surface area (Å²) in [6, 6.07) is 24.5. The Balaban J connectivity index is 0.00000423. The predicted molar refractivity (Wildman–Crippen MR) is 163 cm³/mol. The molecule has 2 aliphatic rings. The van der Waals surface area contributed by atoms with Crippen LogP contribution in [0.25, 0.3) is 20.8 Å². The van der Waals surface area contributed by atoms with E-state index in [0.29, 0.717) is 26.2 Å². The quantitative estimate of drug-likeness (QED) is 0.111. The van der Waals surface area contributed by atoms with E-state index in [0.717, 1.165) is 43.0 Å². The van der Waals surface area contributed by atoms with Crippen LogP contribution in [0.2, 0.25) is 0 Å². The minimum atomic E-state index is -4.53. The van der Waals surface area contributed by atoms with Gasteiger partial charge in [0.25, 0.3) is 10.1 Å². The van der Waals surface area contributed by atoms with Crippen LogP contribution in [-0.4, -0.2) is 44.0 Å². The molecule has 13 heteroatoms. The molecule has 1 N–H and O–H groups in total. The SMILES string of the molecule is CCN(Cc1cccc(S(=O)(=O)[O-])c1)c1ccc2nc3ccc(=[N+](CC)Cc4cccc(S(=O)(=O)O)c4)cc-3sc2c1.[Na+]. The van der Waals surface area contributed by atoms with E-state index >= 15 is 0 Å². The van der Waals surface area contributed by atoms with Gasteiger partial charge in [-0.15, -0.1) is 11.3 Å². The molecule has 0 atom stereocenters. The third-order valence-corrected chi connectivity index (χ3v) is 9.75. The summed E-state index contributed by atoms with van der Waals surface area (Å²) in [5.41, 5.74) is 4.14. The Morgan fingerprint density at radius 2 is 1.58 bits per heavy atom. The van der Waals surface area contributed by atoms with Crippen LogP contribution >= 0.6 is 11.3 Å². The van der Waals surface area contributed by atoms with Crippen LogP contribution in [0.15, 0.2) is 94.7 Å². The van der Waals surface area contributed by atoms with Gasteiger partial charge in [-0.05, 0) is 67.9 Å². The van der Waals surface area contributed by atoms with Crippen molar-refractivity contribution in [2.75, 3.05) is 18.0 Å². The minimum absolute atomic E-state index is 0. The van der Waals surface area contributed by atoms with Crippen molar-refractivity contribution < 1.29 is 55.5 Å². The topological polar surface area (TPSA) is 131 Å². The third-order valence-electron chi connectivity index (χ3n) is 6.97. The summed E-state index contributed by atoms with van der Waals surface area (Å²) in [6.45, 7) is 6.27. The van der Waals surface area contributed by atoms with Gasteiger partial charge in [0, 0.05) is 36.5 Å². The Morgan fingerprint density at radius 1 is 0.884 bits per heavy atom. The molecule has 0 fully saturated rings. The Hall–Kier alpha value is -2.68. The van der Waals surface area contributed by atoms with Gasteiger partial charge in [-0.3, -0.25) is 4.55 Å². The summed E-state index contributed by atoms with van der Waals surface area (Å²) in [5, 5.41) is 0.958. The number of rotatable bonds is 9. The molecule has 0 amide bonds. The van der Waals surface area contributed by atoms with Crippen LogP contribution in [0.5, 0.6) is 0 Å². The molecular weight excluding hydrogens is 618 g/mol. The smallest absolute Gasteiger partial charge is 0.744 e. The molecule has 0 unspecified atom stereocenters. The van der Waals surface area contributed by atoms with Crippen molar-refractivity contribution in [2.24, 2.45) is 0 Å². The fourth-order valence-corrected chi connectivity index (χ4v) is 6.94. The van der Waals surface area contributed by atoms with E-state index in [4.69, 9.17) is 4.98 Å². The first-order valence-corrected chi connectivity index (χ1v) is 16.9. The third kappa shape index (κ3) is 7.89. The Morgan fingerprint density at radius 3 is 2.26 bits per heavy atom. The molecule has 0 spiro atoms. The van der Waals surface area contributed by atoms with E-state index in [-0.39, 0.29) is 39.3 Å². The average molecular weight is 647 g/mol. The maximum Gasteiger partial charge on any atom is 1.00 e. The summed E-state index contributed by atoms with van der Waals surface area (Å²) < 4.78 is 70.1. The second-order valence-corrected chi connectivity index (χ2v) is 13.7. The fraction of sp³-hybridized carbons (Fsp3) is 0.200. The van der Waals surface area contributed by atoms with E-state index in [1.807, 2.05) is 44.2 Å². The predicted octanol–water partition coefficient (Wildman–Crippen LogP) is 1.57. The van der Waals surface area contributed by atoms with Gasteiger partial charge in [0.2, 0.25) is 5.36 Å². The van der Waals surface area contributed by atoms with Gasteiger partial charge >= 0.3 is 29.6 Å². The molecule has 3 aromatic rings. The summed E-state index contributed by atoms with van der Waals surface area (Å²) in [7, 11) is -8.82. The van der Waals surface area contributed by atoms with Crippen molar-refractivity contribution in [3.63, 3.8) is 0 Å². The van der Waals surface area contributed by atoms with Crippen molar-refractivity contribution in [3.8, 4) is 10.6 Å². The van der Waals surface area contributed by atoms with Gasteiger partial charge in [-0.25, -0.2) is 18.0 Å². The Kier molecular flexibility index (Phi) is 10.5. The zero-order chi connectivity index (χ0) is 30.1. The first kappa shape index (κ1) is 33.2. The standard InChI is InChI=1S/C30H29N3O6S3.Na/c1-3-32(19-21-7-5-9-25(15-21)41(34,35)36)23-11-13-27-29(17-23)40-30-18-24(12-14-28(30)31-27)33(4-2)20-22-8-6-10-26(16-22)42(37,38)39;/h5-18H,3-4,19-20H2,1-2H3,(H-,34,35,36,37,38,39);/q;+1. The number of nitrogens with zero attached hydrogens (tertiary/aromatic N) is 3. The van der Waals surface area contributed by atoms with Crippen LogP contribution in [-0.2, 0) is 33.3 Å². The Labute approximate surface area is 277 Å². The number of hydrogen-bond acceptors (Lipinski definition) is 8. The first-order chi connectivity index (χ1) is 19.9. The number of hydrogen-bond donors (Lipinski definition) is 1. The zero-order valence-corrected chi connectivity index (χ0v) is 28.4. The number of fused-ring (bicyclic) bond motifs is 2. The molecule has 0 radical (unpaired) electrons. The van der Waals surface area contributed by atoms with Gasteiger partial charge in [0.1, 0.15) is 16.7 Å². The molecule has 43 heavy (non-hydrogen) atoms. The van der Waals surface area contributed by atoms with E-state index in [1.165, 1.54) is 24.3 Å². The summed E-state index contributed by atoms with van der Waals surface area (Å²) >= 11 is 1.61. The molecule has 5 rings (SSSR count). The minimum Gasteiger partial charge on any atom is -0.744 e. The van der Waals surface area contributed by atoms with Crippen LogP contribution in [0.3, 0.4) is 0 Å². The number of anilines is 1. The van der Waals surface area contributed by atoms with Crippen molar-refractivity contribution in [3.05, 3.63) is 101 Å². The van der Waals surface area contributed by atoms with Crippen molar-refractivity contribution in [1.29, 1.82) is 0 Å². The summed E-state index contributed by atoms with van der Waals surface area (Å²) in [5.74, 6) is 0. The monoisotopic (exact) mass is 646 g/mol. The molecule has 1 aliphatic carbocycles. The van der Waals surface area contributed by atoms with Gasteiger partial charge in [-0.1, -0.05) is 24.3 Å². The van der Waals surface area contributed by atoms with Crippen LogP contribution in [0.4, 0.5) is 5.69 Å². The number of aromatic nitrogens is 1. The second-order valence-electron chi connectivity index (χ2n) is 9.77. The van der Waals surface area contributed by atoms with E-state index < -0.39 is 20.2 Å². The largest absolute Gasteiger partial charge is 1.00 e. The molecule has 0 aromatic heterocycles. The molecule has 3 aromatic carbocycles.